The predicted octanol–water partition coefficient (Wildman–Crippen LogP) is 3.31. The monoisotopic (exact) mass is 384 g/mol. The van der Waals surface area contributed by atoms with Gasteiger partial charge in [0.2, 0.25) is 5.06 Å². The van der Waals surface area contributed by atoms with E-state index >= 15 is 0 Å². The van der Waals surface area contributed by atoms with E-state index < -0.39 is 6.09 Å². The summed E-state index contributed by atoms with van der Waals surface area (Å²) in [6.45, 7) is 5.54. The molecular weight excluding hydrogens is 364 g/mol. The number of hydrogen-bond acceptors (Lipinski definition) is 7. The Kier molecular flexibility index (Phi) is 5.60. The Bertz CT molecular complexity index is 962. The summed E-state index contributed by atoms with van der Waals surface area (Å²) in [6.07, 6.45) is 4.95. The van der Waals surface area contributed by atoms with Gasteiger partial charge in [-0.05, 0) is 45.1 Å². The van der Waals surface area contributed by atoms with Crippen molar-refractivity contribution in [3.63, 3.8) is 0 Å². The van der Waals surface area contributed by atoms with Gasteiger partial charge in [-0.1, -0.05) is 22.6 Å². The number of amides is 1. The van der Waals surface area contributed by atoms with Gasteiger partial charge in [-0.2, -0.15) is 0 Å². The minimum absolute atomic E-state index is 0.00690. The molecule has 0 aliphatic rings. The topological polar surface area (TPSA) is 94.8 Å². The summed E-state index contributed by atoms with van der Waals surface area (Å²) < 4.78 is 7.00. The first kappa shape index (κ1) is 18.7. The maximum Gasteiger partial charge on any atom is 0.413 e. The molecule has 0 aromatic carbocycles. The minimum Gasteiger partial charge on any atom is -0.397 e. The standard InChI is InChI=1S/C18H20N6O2S/c1-11(2)20-18(25)26-17-12(3)21-15(27-17)9-8-14-16(22-23-24(14)4)13-7-5-6-10-19-13/h5-11H,1-4H3,(H,20,25)/b9-8+. The van der Waals surface area contributed by atoms with Crippen molar-refractivity contribution in [1.82, 2.24) is 30.3 Å². The molecule has 0 radical (unpaired) electrons. The van der Waals surface area contributed by atoms with Gasteiger partial charge in [-0.25, -0.2) is 14.5 Å². The second-order valence-electron chi connectivity index (χ2n) is 6.11. The van der Waals surface area contributed by atoms with Gasteiger partial charge < -0.3 is 10.1 Å². The smallest absolute Gasteiger partial charge is 0.397 e. The highest BCUT2D eigenvalue weighted by Gasteiger charge is 2.14. The van der Waals surface area contributed by atoms with Crippen molar-refractivity contribution in [2.24, 2.45) is 7.05 Å². The lowest BCUT2D eigenvalue weighted by molar-refractivity contribution is 0.199. The van der Waals surface area contributed by atoms with Crippen molar-refractivity contribution in [2.45, 2.75) is 26.8 Å². The summed E-state index contributed by atoms with van der Waals surface area (Å²) in [5.74, 6) is 0. The van der Waals surface area contributed by atoms with E-state index in [0.717, 1.165) is 11.4 Å². The zero-order valence-electron chi connectivity index (χ0n) is 15.5. The zero-order chi connectivity index (χ0) is 19.4. The number of ether oxygens (including phenoxy) is 1. The Morgan fingerprint density at radius 3 is 2.85 bits per heavy atom. The van der Waals surface area contributed by atoms with Crippen LogP contribution in [0.3, 0.4) is 0 Å². The number of carbonyl (C=O) groups excluding carboxylic acids is 1. The van der Waals surface area contributed by atoms with Crippen LogP contribution in [0.1, 0.15) is 30.2 Å². The molecule has 3 aromatic heterocycles. The molecule has 140 valence electrons. The molecule has 27 heavy (non-hydrogen) atoms. The van der Waals surface area contributed by atoms with Gasteiger partial charge in [0, 0.05) is 19.3 Å². The summed E-state index contributed by atoms with van der Waals surface area (Å²) >= 11 is 1.30. The minimum atomic E-state index is -0.486. The molecule has 3 rings (SSSR count). The molecule has 0 atom stereocenters. The molecule has 0 bridgehead atoms. The van der Waals surface area contributed by atoms with Crippen molar-refractivity contribution in [3.8, 4) is 16.5 Å². The van der Waals surface area contributed by atoms with Crippen LogP contribution in [-0.4, -0.2) is 37.1 Å². The van der Waals surface area contributed by atoms with E-state index in [2.05, 4.69) is 25.6 Å². The average molecular weight is 384 g/mol. The molecule has 8 nitrogen and oxygen atoms in total. The number of nitrogens with zero attached hydrogens (tertiary/aromatic N) is 5. The van der Waals surface area contributed by atoms with E-state index in [0.29, 0.717) is 21.5 Å². The van der Waals surface area contributed by atoms with E-state index in [1.807, 2.05) is 51.2 Å². The number of hydrogen-bond donors (Lipinski definition) is 1. The highest BCUT2D eigenvalue weighted by molar-refractivity contribution is 7.14. The van der Waals surface area contributed by atoms with Crippen molar-refractivity contribution in [3.05, 3.63) is 40.8 Å². The fourth-order valence-corrected chi connectivity index (χ4v) is 3.12. The van der Waals surface area contributed by atoms with Crippen LogP contribution in [0.4, 0.5) is 4.79 Å². The third-order valence-corrected chi connectivity index (χ3v) is 4.52. The van der Waals surface area contributed by atoms with Crippen LogP contribution in [0.15, 0.2) is 24.4 Å². The lowest BCUT2D eigenvalue weighted by Crippen LogP contribution is -2.32. The van der Waals surface area contributed by atoms with Gasteiger partial charge in [-0.15, -0.1) is 5.10 Å². The molecule has 1 amide bonds. The molecule has 1 N–H and O–H groups in total. The zero-order valence-corrected chi connectivity index (χ0v) is 16.3. The Hall–Kier alpha value is -3.07. The largest absolute Gasteiger partial charge is 0.413 e. The second-order valence-corrected chi connectivity index (χ2v) is 7.10. The molecule has 0 unspecified atom stereocenters. The van der Waals surface area contributed by atoms with Gasteiger partial charge in [0.05, 0.1) is 17.1 Å². The molecule has 0 saturated heterocycles. The molecule has 3 aromatic rings. The molecule has 3 heterocycles. The first-order chi connectivity index (χ1) is 12.9. The molecule has 0 spiro atoms. The Morgan fingerprint density at radius 2 is 2.15 bits per heavy atom. The number of pyridine rings is 1. The second kappa shape index (κ2) is 8.09. The van der Waals surface area contributed by atoms with Crippen LogP contribution in [0.2, 0.25) is 0 Å². The number of aryl methyl sites for hydroxylation is 2. The van der Waals surface area contributed by atoms with E-state index in [1.54, 1.807) is 17.8 Å². The normalized spacial score (nSPS) is 11.3. The highest BCUT2D eigenvalue weighted by Crippen LogP contribution is 2.29. The van der Waals surface area contributed by atoms with E-state index in [-0.39, 0.29) is 6.04 Å². The molecular formula is C18H20N6O2S. The van der Waals surface area contributed by atoms with Crippen LogP contribution < -0.4 is 10.1 Å². The average Bonchev–Trinajstić information content (AvgIpc) is 3.16. The van der Waals surface area contributed by atoms with E-state index in [9.17, 15) is 4.79 Å². The third-order valence-electron chi connectivity index (χ3n) is 3.52. The third kappa shape index (κ3) is 4.56. The van der Waals surface area contributed by atoms with Crippen molar-refractivity contribution < 1.29 is 9.53 Å². The first-order valence-corrected chi connectivity index (χ1v) is 9.20. The molecule has 9 heteroatoms. The lowest BCUT2D eigenvalue weighted by atomic mass is 10.2. The SMILES string of the molecule is Cc1nc(/C=C/c2c(-c3ccccn3)nnn2C)sc1OC(=O)NC(C)C. The van der Waals surface area contributed by atoms with Crippen LogP contribution in [0.25, 0.3) is 23.5 Å². The highest BCUT2D eigenvalue weighted by atomic mass is 32.1. The van der Waals surface area contributed by atoms with Crippen molar-refractivity contribution in [2.75, 3.05) is 0 Å². The number of carbonyl (C=O) groups is 1. The molecule has 0 aliphatic carbocycles. The summed E-state index contributed by atoms with van der Waals surface area (Å²) in [7, 11) is 1.82. The Morgan fingerprint density at radius 1 is 1.33 bits per heavy atom. The van der Waals surface area contributed by atoms with Gasteiger partial charge >= 0.3 is 6.09 Å². The number of nitrogens with one attached hydrogen (secondary N) is 1. The maximum absolute atomic E-state index is 11.8. The molecule has 0 aliphatic heterocycles. The number of aromatic nitrogens is 5. The van der Waals surface area contributed by atoms with E-state index in [1.165, 1.54) is 11.3 Å². The quantitative estimate of drug-likeness (QED) is 0.725. The number of rotatable bonds is 5. The summed E-state index contributed by atoms with van der Waals surface area (Å²) in [6, 6.07) is 5.65. The predicted molar refractivity (Wildman–Crippen MR) is 104 cm³/mol. The fraction of sp³-hybridized carbons (Fsp3) is 0.278. The first-order valence-electron chi connectivity index (χ1n) is 8.39. The molecule has 0 saturated carbocycles. The Balaban J connectivity index is 1.81. The maximum atomic E-state index is 11.8. The van der Waals surface area contributed by atoms with Gasteiger partial charge in [-0.3, -0.25) is 4.98 Å². The van der Waals surface area contributed by atoms with Gasteiger partial charge in [0.1, 0.15) is 10.7 Å². The summed E-state index contributed by atoms with van der Waals surface area (Å²) in [5, 5.41) is 12.1. The fourth-order valence-electron chi connectivity index (χ4n) is 2.30. The number of thiazole rings is 1. The van der Waals surface area contributed by atoms with Crippen molar-refractivity contribution in [1.29, 1.82) is 0 Å². The summed E-state index contributed by atoms with van der Waals surface area (Å²) in [4.78, 5) is 20.5. The Labute approximate surface area is 160 Å². The van der Waals surface area contributed by atoms with Crippen molar-refractivity contribution >= 4 is 29.6 Å². The molecule has 0 fully saturated rings. The van der Waals surface area contributed by atoms with Crippen LogP contribution in [0, 0.1) is 6.92 Å². The lowest BCUT2D eigenvalue weighted by Gasteiger charge is -2.07. The van der Waals surface area contributed by atoms with Crippen LogP contribution >= 0.6 is 11.3 Å². The van der Waals surface area contributed by atoms with Gasteiger partial charge in [0.15, 0.2) is 0 Å². The van der Waals surface area contributed by atoms with Gasteiger partial charge in [0.25, 0.3) is 0 Å². The van der Waals surface area contributed by atoms with E-state index in [4.69, 9.17) is 4.74 Å². The van der Waals surface area contributed by atoms with Crippen LogP contribution in [-0.2, 0) is 7.05 Å². The summed E-state index contributed by atoms with van der Waals surface area (Å²) in [5.41, 5.74) is 2.90. The van der Waals surface area contributed by atoms with Crippen LogP contribution in [0.5, 0.6) is 5.06 Å².